The molecule has 0 heterocycles. The Bertz CT molecular complexity index is 226. The summed E-state index contributed by atoms with van der Waals surface area (Å²) in [6.45, 7) is 3.55. The third-order valence-electron chi connectivity index (χ3n) is 2.75. The molecule has 0 saturated carbocycles. The van der Waals surface area contributed by atoms with E-state index in [0.717, 1.165) is 6.29 Å². The molecular formula is C15H30O6. The van der Waals surface area contributed by atoms with Crippen LogP contribution in [0.4, 0.5) is 0 Å². The largest absolute Gasteiger partial charge is 0.393 e. The first kappa shape index (κ1) is 22.5. The van der Waals surface area contributed by atoms with Crippen molar-refractivity contribution in [2.75, 3.05) is 28.4 Å². The summed E-state index contributed by atoms with van der Waals surface area (Å²) >= 11 is 0. The van der Waals surface area contributed by atoms with Crippen molar-refractivity contribution in [2.24, 2.45) is 0 Å². The highest BCUT2D eigenvalue weighted by atomic mass is 16.7. The second-order valence-electron chi connectivity index (χ2n) is 4.30. The molecule has 126 valence electrons. The molecular weight excluding hydrogens is 276 g/mol. The van der Waals surface area contributed by atoms with Crippen molar-refractivity contribution < 1.29 is 28.8 Å². The lowest BCUT2D eigenvalue weighted by molar-refractivity contribution is -0.118. The average Bonchev–Trinajstić information content (AvgIpc) is 2.50. The number of aldehydes is 1. The first-order valence-corrected chi connectivity index (χ1v) is 6.93. The molecule has 0 radical (unpaired) electrons. The predicted octanol–water partition coefficient (Wildman–Crippen LogP) is 1.91. The van der Waals surface area contributed by atoms with Gasteiger partial charge in [-0.1, -0.05) is 6.08 Å². The molecule has 6 nitrogen and oxygen atoms in total. The van der Waals surface area contributed by atoms with Gasteiger partial charge in [0.25, 0.3) is 0 Å². The van der Waals surface area contributed by atoms with Gasteiger partial charge in [-0.25, -0.2) is 0 Å². The van der Waals surface area contributed by atoms with Crippen molar-refractivity contribution in [1.29, 1.82) is 0 Å². The van der Waals surface area contributed by atoms with Gasteiger partial charge in [0.05, 0.1) is 6.10 Å². The number of methoxy groups -OCH3 is 4. The van der Waals surface area contributed by atoms with Crippen LogP contribution >= 0.6 is 0 Å². The number of rotatable bonds is 12. The van der Waals surface area contributed by atoms with Crippen LogP contribution in [0.3, 0.4) is 0 Å². The second kappa shape index (κ2) is 17.3. The lowest BCUT2D eigenvalue weighted by Gasteiger charge is -2.14. The molecule has 0 rings (SSSR count). The van der Waals surface area contributed by atoms with Gasteiger partial charge in [-0.3, -0.25) is 0 Å². The second-order valence-corrected chi connectivity index (χ2v) is 4.30. The molecule has 21 heavy (non-hydrogen) atoms. The highest BCUT2D eigenvalue weighted by molar-refractivity contribution is 5.49. The lowest BCUT2D eigenvalue weighted by Crippen LogP contribution is -2.16. The fourth-order valence-electron chi connectivity index (χ4n) is 1.51. The Morgan fingerprint density at radius 1 is 0.952 bits per heavy atom. The molecule has 0 aliphatic carbocycles. The van der Waals surface area contributed by atoms with E-state index in [9.17, 15) is 9.90 Å². The van der Waals surface area contributed by atoms with Crippen molar-refractivity contribution in [1.82, 2.24) is 0 Å². The zero-order valence-corrected chi connectivity index (χ0v) is 13.6. The van der Waals surface area contributed by atoms with Gasteiger partial charge in [-0.05, 0) is 12.8 Å². The third-order valence-corrected chi connectivity index (χ3v) is 2.75. The number of aliphatic hydroxyl groups excluding tert-OH is 1. The predicted molar refractivity (Wildman–Crippen MR) is 81.0 cm³/mol. The molecule has 0 aromatic carbocycles. The Hall–Kier alpha value is -0.790. The quantitative estimate of drug-likeness (QED) is 0.337. The molecule has 0 spiro atoms. The molecule has 1 N–H and O–H groups in total. The van der Waals surface area contributed by atoms with E-state index in [1.807, 2.05) is 0 Å². The summed E-state index contributed by atoms with van der Waals surface area (Å²) in [6.07, 6.45) is 4.95. The Morgan fingerprint density at radius 2 is 1.43 bits per heavy atom. The number of hydrogen-bond acceptors (Lipinski definition) is 6. The van der Waals surface area contributed by atoms with Crippen LogP contribution < -0.4 is 0 Å². The standard InChI is InChI=1S/C9H18O3.C6H12O3/c1-4-5-8(10)6-7-9(11-2)12-3;1-8-6(9-2)4-3-5-7/h4,8-10H,1,5-7H2,2-3H3;5-6H,3-4H2,1-2H3. The Balaban J connectivity index is 0. The molecule has 0 aromatic heterocycles. The van der Waals surface area contributed by atoms with Crippen LogP contribution in [0.15, 0.2) is 12.7 Å². The maximum absolute atomic E-state index is 9.83. The van der Waals surface area contributed by atoms with Gasteiger partial charge in [-0.15, -0.1) is 6.58 Å². The average molecular weight is 306 g/mol. The normalized spacial score (nSPS) is 12.0. The van der Waals surface area contributed by atoms with E-state index < -0.39 is 0 Å². The molecule has 0 amide bonds. The highest BCUT2D eigenvalue weighted by Gasteiger charge is 2.08. The molecule has 0 fully saturated rings. The number of carbonyl (C=O) groups is 1. The minimum atomic E-state index is -0.324. The molecule has 1 atom stereocenters. The number of aliphatic hydroxyl groups is 1. The van der Waals surface area contributed by atoms with Crippen LogP contribution in [-0.4, -0.2) is 58.5 Å². The van der Waals surface area contributed by atoms with Crippen molar-refractivity contribution in [3.05, 3.63) is 12.7 Å². The monoisotopic (exact) mass is 306 g/mol. The van der Waals surface area contributed by atoms with E-state index in [0.29, 0.717) is 32.1 Å². The van der Waals surface area contributed by atoms with Crippen molar-refractivity contribution in [3.8, 4) is 0 Å². The van der Waals surface area contributed by atoms with Gasteiger partial charge >= 0.3 is 0 Å². The molecule has 6 heteroatoms. The molecule has 0 saturated heterocycles. The SMILES string of the molecule is C=CCC(O)CCC(OC)OC.COC(CCC=O)OC. The summed E-state index contributed by atoms with van der Waals surface area (Å²) in [6, 6.07) is 0. The first-order valence-electron chi connectivity index (χ1n) is 6.93. The Labute approximate surface area is 128 Å². The van der Waals surface area contributed by atoms with Crippen molar-refractivity contribution in [2.45, 2.75) is 50.8 Å². The van der Waals surface area contributed by atoms with Crippen molar-refractivity contribution >= 4 is 6.29 Å². The van der Waals surface area contributed by atoms with Crippen molar-refractivity contribution in [3.63, 3.8) is 0 Å². The van der Waals surface area contributed by atoms with Gasteiger partial charge in [0.2, 0.25) is 0 Å². The van der Waals surface area contributed by atoms with E-state index in [-0.39, 0.29) is 18.7 Å². The molecule has 0 aromatic rings. The van der Waals surface area contributed by atoms with Crippen LogP contribution in [0.5, 0.6) is 0 Å². The zero-order valence-electron chi connectivity index (χ0n) is 13.6. The van der Waals surface area contributed by atoms with Crippen LogP contribution in [0.25, 0.3) is 0 Å². The van der Waals surface area contributed by atoms with E-state index in [1.165, 1.54) is 0 Å². The topological polar surface area (TPSA) is 74.2 Å². The van der Waals surface area contributed by atoms with E-state index >= 15 is 0 Å². The zero-order chi connectivity index (χ0) is 16.5. The summed E-state index contributed by atoms with van der Waals surface area (Å²) in [5, 5.41) is 9.31. The Kier molecular flexibility index (Phi) is 18.5. The van der Waals surface area contributed by atoms with Gasteiger partial charge in [0, 0.05) is 47.7 Å². The maximum Gasteiger partial charge on any atom is 0.157 e. The van der Waals surface area contributed by atoms with E-state index in [4.69, 9.17) is 18.9 Å². The number of carbonyl (C=O) groups excluding carboxylic acids is 1. The van der Waals surface area contributed by atoms with E-state index in [1.54, 1.807) is 34.5 Å². The van der Waals surface area contributed by atoms with Gasteiger partial charge in [-0.2, -0.15) is 0 Å². The van der Waals surface area contributed by atoms with Gasteiger partial charge in [0.1, 0.15) is 6.29 Å². The van der Waals surface area contributed by atoms with Crippen LogP contribution in [0.1, 0.15) is 32.1 Å². The third kappa shape index (κ3) is 15.4. The summed E-state index contributed by atoms with van der Waals surface area (Å²) in [4.78, 5) is 9.83. The summed E-state index contributed by atoms with van der Waals surface area (Å²) in [5.74, 6) is 0. The summed E-state index contributed by atoms with van der Waals surface area (Å²) in [7, 11) is 6.29. The Morgan fingerprint density at radius 3 is 1.81 bits per heavy atom. The maximum atomic E-state index is 9.83. The molecule has 0 aliphatic rings. The van der Waals surface area contributed by atoms with Crippen LogP contribution in [-0.2, 0) is 23.7 Å². The molecule has 0 aliphatic heterocycles. The van der Waals surface area contributed by atoms with Crippen LogP contribution in [0, 0.1) is 0 Å². The highest BCUT2D eigenvalue weighted by Crippen LogP contribution is 2.07. The first-order chi connectivity index (χ1) is 10.1. The number of ether oxygens (including phenoxy) is 4. The van der Waals surface area contributed by atoms with Gasteiger partial charge in [0.15, 0.2) is 12.6 Å². The summed E-state index contributed by atoms with van der Waals surface area (Å²) < 4.78 is 19.6. The fraction of sp³-hybridized carbons (Fsp3) is 0.800. The molecule has 1 unspecified atom stereocenters. The lowest BCUT2D eigenvalue weighted by atomic mass is 10.1. The fourth-order valence-corrected chi connectivity index (χ4v) is 1.51. The number of hydrogen-bond donors (Lipinski definition) is 1. The smallest absolute Gasteiger partial charge is 0.157 e. The summed E-state index contributed by atoms with van der Waals surface area (Å²) in [5.41, 5.74) is 0. The molecule has 0 bridgehead atoms. The minimum Gasteiger partial charge on any atom is -0.393 e. The van der Waals surface area contributed by atoms with Crippen LogP contribution in [0.2, 0.25) is 0 Å². The van der Waals surface area contributed by atoms with Gasteiger partial charge < -0.3 is 28.8 Å². The minimum absolute atomic E-state index is 0.204. The van der Waals surface area contributed by atoms with E-state index in [2.05, 4.69) is 6.58 Å².